The van der Waals surface area contributed by atoms with Crippen LogP contribution < -0.4 is 5.32 Å². The van der Waals surface area contributed by atoms with E-state index in [1.54, 1.807) is 4.68 Å². The molecule has 6 heteroatoms. The molecule has 0 bridgehead atoms. The maximum absolute atomic E-state index is 5.45. The second-order valence-electron chi connectivity index (χ2n) is 5.57. The Hall–Kier alpha value is -1.69. The van der Waals surface area contributed by atoms with Gasteiger partial charge in [-0.3, -0.25) is 4.68 Å². The van der Waals surface area contributed by atoms with Crippen LogP contribution in [-0.2, 0) is 7.05 Å². The molecule has 2 aromatic rings. The Kier molecular flexibility index (Phi) is 2.44. The quantitative estimate of drug-likeness (QED) is 0.885. The van der Waals surface area contributed by atoms with Crippen LogP contribution in [0.3, 0.4) is 0 Å². The molecule has 1 saturated carbocycles. The minimum Gasteiger partial charge on any atom is -0.337 e. The molecule has 6 nitrogen and oxygen atoms in total. The van der Waals surface area contributed by atoms with Crippen molar-refractivity contribution in [2.75, 3.05) is 6.54 Å². The van der Waals surface area contributed by atoms with E-state index in [1.807, 2.05) is 19.3 Å². The lowest BCUT2D eigenvalue weighted by atomic mass is 9.94. The highest BCUT2D eigenvalue weighted by Gasteiger charge is 2.42. The molecule has 100 valence electrons. The molecule has 4 rings (SSSR count). The highest BCUT2D eigenvalue weighted by atomic mass is 16.5. The summed E-state index contributed by atoms with van der Waals surface area (Å²) in [6, 6.07) is 2.13. The zero-order chi connectivity index (χ0) is 12.8. The van der Waals surface area contributed by atoms with Crippen LogP contribution >= 0.6 is 0 Å². The van der Waals surface area contributed by atoms with Crippen molar-refractivity contribution in [2.45, 2.75) is 25.3 Å². The molecular weight excluding hydrogens is 242 g/mol. The monoisotopic (exact) mass is 259 g/mol. The maximum Gasteiger partial charge on any atom is 0.244 e. The molecule has 0 spiro atoms. The van der Waals surface area contributed by atoms with E-state index in [1.165, 1.54) is 19.3 Å². The lowest BCUT2D eigenvalue weighted by Gasteiger charge is -2.13. The fourth-order valence-electron chi connectivity index (χ4n) is 3.46. The largest absolute Gasteiger partial charge is 0.337 e. The standard InChI is InChI=1S/C13H17N5O/c1-18-6-5-10(16-18)12-15-13(19-17-12)11-9-4-2-3-8(9)7-14-11/h5-6,8-9,11,14H,2-4,7H2,1H3. The fourth-order valence-corrected chi connectivity index (χ4v) is 3.46. The SMILES string of the molecule is Cn1ccc(-c2noc(C3NCC4CCCC43)n2)n1. The van der Waals surface area contributed by atoms with Gasteiger partial charge >= 0.3 is 0 Å². The Morgan fingerprint density at radius 1 is 1.42 bits per heavy atom. The van der Waals surface area contributed by atoms with E-state index in [0.29, 0.717) is 11.7 Å². The molecule has 2 fully saturated rings. The zero-order valence-electron chi connectivity index (χ0n) is 10.9. The third-order valence-electron chi connectivity index (χ3n) is 4.40. The summed E-state index contributed by atoms with van der Waals surface area (Å²) in [5.74, 6) is 2.75. The van der Waals surface area contributed by atoms with Crippen molar-refractivity contribution < 1.29 is 4.52 Å². The first-order chi connectivity index (χ1) is 9.31. The minimum atomic E-state index is 0.234. The molecule has 1 N–H and O–H groups in total. The van der Waals surface area contributed by atoms with Crippen molar-refractivity contribution in [3.05, 3.63) is 18.2 Å². The summed E-state index contributed by atoms with van der Waals surface area (Å²) in [5, 5.41) is 11.9. The molecule has 0 radical (unpaired) electrons. The van der Waals surface area contributed by atoms with Gasteiger partial charge in [0.2, 0.25) is 11.7 Å². The van der Waals surface area contributed by atoms with Crippen molar-refractivity contribution in [2.24, 2.45) is 18.9 Å². The molecule has 1 aliphatic heterocycles. The Morgan fingerprint density at radius 2 is 2.37 bits per heavy atom. The summed E-state index contributed by atoms with van der Waals surface area (Å²) in [6.07, 6.45) is 5.81. The summed E-state index contributed by atoms with van der Waals surface area (Å²) in [6.45, 7) is 1.08. The molecule has 2 aromatic heterocycles. The van der Waals surface area contributed by atoms with Gasteiger partial charge in [0, 0.05) is 13.2 Å². The molecule has 3 atom stereocenters. The highest BCUT2D eigenvalue weighted by Crippen LogP contribution is 2.43. The first kappa shape index (κ1) is 11.2. The molecule has 2 aliphatic rings. The number of aromatic nitrogens is 4. The van der Waals surface area contributed by atoms with Crippen molar-refractivity contribution in [1.82, 2.24) is 25.2 Å². The number of aryl methyl sites for hydroxylation is 1. The Bertz CT molecular complexity index is 589. The van der Waals surface area contributed by atoms with Gasteiger partial charge in [-0.1, -0.05) is 11.6 Å². The predicted molar refractivity (Wildman–Crippen MR) is 68.1 cm³/mol. The number of hydrogen-bond acceptors (Lipinski definition) is 5. The number of hydrogen-bond donors (Lipinski definition) is 1. The van der Waals surface area contributed by atoms with Gasteiger partial charge in [0.15, 0.2) is 0 Å². The average Bonchev–Trinajstić information content (AvgIpc) is 3.11. The zero-order valence-corrected chi connectivity index (χ0v) is 10.9. The average molecular weight is 259 g/mol. The summed E-state index contributed by atoms with van der Waals surface area (Å²) in [7, 11) is 1.88. The minimum absolute atomic E-state index is 0.234. The number of fused-ring (bicyclic) bond motifs is 1. The summed E-state index contributed by atoms with van der Waals surface area (Å²) < 4.78 is 7.19. The third kappa shape index (κ3) is 1.78. The van der Waals surface area contributed by atoms with Crippen LogP contribution in [0.25, 0.3) is 11.5 Å². The lowest BCUT2D eigenvalue weighted by molar-refractivity contribution is 0.302. The van der Waals surface area contributed by atoms with E-state index in [2.05, 4.69) is 20.6 Å². The van der Waals surface area contributed by atoms with E-state index in [0.717, 1.165) is 24.0 Å². The summed E-state index contributed by atoms with van der Waals surface area (Å²) in [4.78, 5) is 4.52. The van der Waals surface area contributed by atoms with Gasteiger partial charge in [0.05, 0.1) is 6.04 Å². The molecule has 3 heterocycles. The van der Waals surface area contributed by atoms with Gasteiger partial charge in [-0.15, -0.1) is 0 Å². The maximum atomic E-state index is 5.45. The van der Waals surface area contributed by atoms with Crippen molar-refractivity contribution in [3.63, 3.8) is 0 Å². The van der Waals surface area contributed by atoms with Crippen LogP contribution in [0.15, 0.2) is 16.8 Å². The van der Waals surface area contributed by atoms with Crippen molar-refractivity contribution >= 4 is 0 Å². The predicted octanol–water partition coefficient (Wildman–Crippen LogP) is 1.53. The molecular formula is C13H17N5O. The van der Waals surface area contributed by atoms with E-state index < -0.39 is 0 Å². The summed E-state index contributed by atoms with van der Waals surface area (Å²) >= 11 is 0. The van der Waals surface area contributed by atoms with Crippen LogP contribution in [0.4, 0.5) is 0 Å². The number of nitrogens with zero attached hydrogens (tertiary/aromatic N) is 4. The van der Waals surface area contributed by atoms with Crippen LogP contribution in [0, 0.1) is 11.8 Å². The van der Waals surface area contributed by atoms with E-state index in [9.17, 15) is 0 Å². The van der Waals surface area contributed by atoms with E-state index >= 15 is 0 Å². The molecule has 1 aliphatic carbocycles. The third-order valence-corrected chi connectivity index (χ3v) is 4.40. The van der Waals surface area contributed by atoms with Crippen molar-refractivity contribution in [1.29, 1.82) is 0 Å². The normalized spacial score (nSPS) is 29.8. The molecule has 0 amide bonds. The van der Waals surface area contributed by atoms with Crippen LogP contribution in [0.5, 0.6) is 0 Å². The second-order valence-corrected chi connectivity index (χ2v) is 5.57. The van der Waals surface area contributed by atoms with E-state index in [4.69, 9.17) is 4.52 Å². The Labute approximate surface area is 111 Å². The first-order valence-electron chi connectivity index (χ1n) is 6.88. The van der Waals surface area contributed by atoms with Gasteiger partial charge in [0.1, 0.15) is 5.69 Å². The van der Waals surface area contributed by atoms with E-state index in [-0.39, 0.29) is 6.04 Å². The van der Waals surface area contributed by atoms with Gasteiger partial charge in [-0.05, 0) is 37.3 Å². The van der Waals surface area contributed by atoms with Crippen LogP contribution in [-0.4, -0.2) is 26.5 Å². The Balaban J connectivity index is 1.61. The topological polar surface area (TPSA) is 68.8 Å². The van der Waals surface area contributed by atoms with Crippen LogP contribution in [0.2, 0.25) is 0 Å². The molecule has 19 heavy (non-hydrogen) atoms. The molecule has 3 unspecified atom stereocenters. The number of nitrogens with one attached hydrogen (secondary N) is 1. The van der Waals surface area contributed by atoms with Gasteiger partial charge in [0.25, 0.3) is 0 Å². The Morgan fingerprint density at radius 3 is 3.21 bits per heavy atom. The summed E-state index contributed by atoms with van der Waals surface area (Å²) in [5.41, 5.74) is 0.762. The second kappa shape index (κ2) is 4.16. The fraction of sp³-hybridized carbons (Fsp3) is 0.615. The van der Waals surface area contributed by atoms with Gasteiger partial charge in [-0.25, -0.2) is 0 Å². The first-order valence-corrected chi connectivity index (χ1v) is 6.88. The van der Waals surface area contributed by atoms with Gasteiger partial charge in [-0.2, -0.15) is 10.1 Å². The van der Waals surface area contributed by atoms with Crippen molar-refractivity contribution in [3.8, 4) is 11.5 Å². The highest BCUT2D eigenvalue weighted by molar-refractivity contribution is 5.46. The lowest BCUT2D eigenvalue weighted by Crippen LogP contribution is -2.18. The molecule has 0 aromatic carbocycles. The smallest absolute Gasteiger partial charge is 0.244 e. The van der Waals surface area contributed by atoms with Crippen LogP contribution in [0.1, 0.15) is 31.2 Å². The molecule has 1 saturated heterocycles. The van der Waals surface area contributed by atoms with Gasteiger partial charge < -0.3 is 9.84 Å². The number of rotatable bonds is 2.